The molecule has 0 amide bonds. The van der Waals surface area contributed by atoms with E-state index in [1.807, 2.05) is 6.92 Å². The maximum atomic E-state index is 9.64. The van der Waals surface area contributed by atoms with Crippen molar-refractivity contribution in [2.75, 3.05) is 29.9 Å². The third-order valence-corrected chi connectivity index (χ3v) is 3.94. The molecule has 7 heteroatoms. The first-order valence-corrected chi connectivity index (χ1v) is 7.07. The predicted octanol–water partition coefficient (Wildman–Crippen LogP) is 0.992. The molecule has 0 aromatic carbocycles. The van der Waals surface area contributed by atoms with E-state index >= 15 is 0 Å². The summed E-state index contributed by atoms with van der Waals surface area (Å²) in [5, 5.41) is 12.8. The van der Waals surface area contributed by atoms with Crippen molar-refractivity contribution in [1.29, 1.82) is 0 Å². The smallest absolute Gasteiger partial charge is 0.226 e. The number of aromatic nitrogens is 4. The zero-order chi connectivity index (χ0) is 14.1. The summed E-state index contributed by atoms with van der Waals surface area (Å²) in [4.78, 5) is 18.5. The third-order valence-electron chi connectivity index (χ3n) is 3.94. The molecule has 1 fully saturated rings. The Hall–Kier alpha value is -1.89. The Morgan fingerprint density at radius 2 is 2.35 bits per heavy atom. The largest absolute Gasteiger partial charge is 0.394 e. The van der Waals surface area contributed by atoms with Crippen LogP contribution in [0.1, 0.15) is 20.3 Å². The standard InChI is InChI=1S/C13H20N6O/c1-3-14-13-17-11-10(15-7-16-11)12(18-13)19-5-4-8(2)9(19)6-20/h7-9,20H,3-6H2,1-2H3,(H2,14,15,16,17,18). The van der Waals surface area contributed by atoms with E-state index < -0.39 is 0 Å². The Kier molecular flexibility index (Phi) is 3.43. The van der Waals surface area contributed by atoms with Gasteiger partial charge in [0.1, 0.15) is 5.52 Å². The Morgan fingerprint density at radius 3 is 3.10 bits per heavy atom. The number of imidazole rings is 1. The molecule has 1 saturated heterocycles. The lowest BCUT2D eigenvalue weighted by Gasteiger charge is -2.26. The highest BCUT2D eigenvalue weighted by molar-refractivity contribution is 5.84. The fourth-order valence-electron chi connectivity index (χ4n) is 2.81. The molecule has 2 unspecified atom stereocenters. The van der Waals surface area contributed by atoms with Gasteiger partial charge in [-0.05, 0) is 19.3 Å². The maximum absolute atomic E-state index is 9.64. The molecular weight excluding hydrogens is 256 g/mol. The van der Waals surface area contributed by atoms with E-state index in [2.05, 4.69) is 37.1 Å². The molecule has 1 aliphatic rings. The van der Waals surface area contributed by atoms with Crippen LogP contribution in [0.15, 0.2) is 6.33 Å². The van der Waals surface area contributed by atoms with Crippen LogP contribution < -0.4 is 10.2 Å². The Morgan fingerprint density at radius 1 is 1.50 bits per heavy atom. The van der Waals surface area contributed by atoms with Gasteiger partial charge in [-0.1, -0.05) is 6.92 Å². The molecule has 3 heterocycles. The van der Waals surface area contributed by atoms with Crippen LogP contribution in [0.25, 0.3) is 11.2 Å². The van der Waals surface area contributed by atoms with Crippen molar-refractivity contribution in [3.8, 4) is 0 Å². The molecule has 2 aromatic rings. The summed E-state index contributed by atoms with van der Waals surface area (Å²) in [6.45, 7) is 5.96. The van der Waals surface area contributed by atoms with Gasteiger partial charge in [0.2, 0.25) is 5.95 Å². The van der Waals surface area contributed by atoms with Gasteiger partial charge in [0.15, 0.2) is 11.5 Å². The number of H-pyrrole nitrogens is 1. The number of aliphatic hydroxyl groups is 1. The van der Waals surface area contributed by atoms with Gasteiger partial charge in [0.05, 0.1) is 19.0 Å². The van der Waals surface area contributed by atoms with Gasteiger partial charge in [-0.15, -0.1) is 0 Å². The van der Waals surface area contributed by atoms with Crippen LogP contribution in [-0.2, 0) is 0 Å². The predicted molar refractivity (Wildman–Crippen MR) is 77.8 cm³/mol. The number of fused-ring (bicyclic) bond motifs is 1. The van der Waals surface area contributed by atoms with Crippen molar-refractivity contribution in [2.24, 2.45) is 5.92 Å². The van der Waals surface area contributed by atoms with E-state index in [4.69, 9.17) is 0 Å². The SMILES string of the molecule is CCNc1nc(N2CCC(C)C2CO)c2[nH]cnc2n1. The molecule has 0 spiro atoms. The fraction of sp³-hybridized carbons (Fsp3) is 0.615. The van der Waals surface area contributed by atoms with Crippen LogP contribution in [-0.4, -0.2) is 50.8 Å². The lowest BCUT2D eigenvalue weighted by molar-refractivity contribution is 0.244. The second kappa shape index (κ2) is 5.24. The topological polar surface area (TPSA) is 90.0 Å². The number of aromatic amines is 1. The van der Waals surface area contributed by atoms with Crippen LogP contribution >= 0.6 is 0 Å². The Bertz CT molecular complexity index is 598. The molecule has 0 bridgehead atoms. The molecule has 0 saturated carbocycles. The number of aliphatic hydroxyl groups excluding tert-OH is 1. The van der Waals surface area contributed by atoms with E-state index in [0.29, 0.717) is 17.5 Å². The van der Waals surface area contributed by atoms with Crippen molar-refractivity contribution in [3.63, 3.8) is 0 Å². The molecule has 0 aliphatic carbocycles. The summed E-state index contributed by atoms with van der Waals surface area (Å²) >= 11 is 0. The molecule has 3 rings (SSSR count). The maximum Gasteiger partial charge on any atom is 0.226 e. The molecule has 3 N–H and O–H groups in total. The van der Waals surface area contributed by atoms with E-state index in [9.17, 15) is 5.11 Å². The van der Waals surface area contributed by atoms with E-state index in [-0.39, 0.29) is 12.6 Å². The Labute approximate surface area is 117 Å². The molecule has 108 valence electrons. The highest BCUT2D eigenvalue weighted by atomic mass is 16.3. The van der Waals surface area contributed by atoms with Crippen LogP contribution in [0, 0.1) is 5.92 Å². The van der Waals surface area contributed by atoms with E-state index in [0.717, 1.165) is 30.8 Å². The van der Waals surface area contributed by atoms with Crippen LogP contribution in [0.4, 0.5) is 11.8 Å². The summed E-state index contributed by atoms with van der Waals surface area (Å²) in [5.41, 5.74) is 1.49. The van der Waals surface area contributed by atoms with Crippen LogP contribution in [0.3, 0.4) is 0 Å². The summed E-state index contributed by atoms with van der Waals surface area (Å²) in [5.74, 6) is 1.86. The van der Waals surface area contributed by atoms with Crippen molar-refractivity contribution >= 4 is 22.9 Å². The lowest BCUT2D eigenvalue weighted by Crippen LogP contribution is -2.36. The average molecular weight is 276 g/mol. The van der Waals surface area contributed by atoms with Gasteiger partial charge in [0, 0.05) is 13.1 Å². The minimum atomic E-state index is 0.103. The highest BCUT2D eigenvalue weighted by Crippen LogP contribution is 2.32. The van der Waals surface area contributed by atoms with Gasteiger partial charge in [-0.3, -0.25) is 0 Å². The van der Waals surface area contributed by atoms with Gasteiger partial charge in [-0.2, -0.15) is 9.97 Å². The van der Waals surface area contributed by atoms with Crippen LogP contribution in [0.5, 0.6) is 0 Å². The van der Waals surface area contributed by atoms with E-state index in [1.54, 1.807) is 6.33 Å². The molecule has 20 heavy (non-hydrogen) atoms. The first kappa shape index (κ1) is 13.1. The highest BCUT2D eigenvalue weighted by Gasteiger charge is 2.33. The molecule has 2 atom stereocenters. The number of anilines is 2. The number of nitrogens with one attached hydrogen (secondary N) is 2. The van der Waals surface area contributed by atoms with E-state index in [1.165, 1.54) is 0 Å². The average Bonchev–Trinajstić information content (AvgIpc) is 3.04. The summed E-state index contributed by atoms with van der Waals surface area (Å²) in [6.07, 6.45) is 2.69. The normalized spacial score (nSPS) is 22.6. The third kappa shape index (κ3) is 2.07. The zero-order valence-electron chi connectivity index (χ0n) is 11.8. The number of nitrogens with zero attached hydrogens (tertiary/aromatic N) is 4. The molecule has 1 aliphatic heterocycles. The number of hydrogen-bond donors (Lipinski definition) is 3. The van der Waals surface area contributed by atoms with Crippen LogP contribution in [0.2, 0.25) is 0 Å². The minimum absolute atomic E-state index is 0.103. The number of rotatable bonds is 4. The summed E-state index contributed by atoms with van der Waals surface area (Å²) in [6, 6.07) is 0.103. The van der Waals surface area contributed by atoms with Gasteiger partial charge in [-0.25, -0.2) is 4.98 Å². The first-order valence-electron chi connectivity index (χ1n) is 7.07. The van der Waals surface area contributed by atoms with Crippen molar-refractivity contribution in [3.05, 3.63) is 6.33 Å². The van der Waals surface area contributed by atoms with Gasteiger partial charge >= 0.3 is 0 Å². The molecule has 0 radical (unpaired) electrons. The summed E-state index contributed by atoms with van der Waals surface area (Å²) < 4.78 is 0. The quantitative estimate of drug-likeness (QED) is 0.771. The van der Waals surface area contributed by atoms with Gasteiger partial charge < -0.3 is 20.3 Å². The summed E-state index contributed by atoms with van der Waals surface area (Å²) in [7, 11) is 0. The second-order valence-electron chi connectivity index (χ2n) is 5.21. The van der Waals surface area contributed by atoms with Gasteiger partial charge in [0.25, 0.3) is 0 Å². The zero-order valence-corrected chi connectivity index (χ0v) is 11.8. The number of hydrogen-bond acceptors (Lipinski definition) is 6. The van der Waals surface area contributed by atoms with Crippen molar-refractivity contribution in [2.45, 2.75) is 26.3 Å². The van der Waals surface area contributed by atoms with Crippen molar-refractivity contribution < 1.29 is 5.11 Å². The van der Waals surface area contributed by atoms with Crippen molar-refractivity contribution in [1.82, 2.24) is 19.9 Å². The molecule has 7 nitrogen and oxygen atoms in total. The fourth-order valence-corrected chi connectivity index (χ4v) is 2.81. The molecular formula is C13H20N6O. The monoisotopic (exact) mass is 276 g/mol. The first-order chi connectivity index (χ1) is 9.74. The Balaban J connectivity index is 2.07. The minimum Gasteiger partial charge on any atom is -0.394 e. The second-order valence-corrected chi connectivity index (χ2v) is 5.21. The molecule has 2 aromatic heterocycles. The lowest BCUT2D eigenvalue weighted by atomic mass is 10.0.